The first-order valence-electron chi connectivity index (χ1n) is 11.0. The molecule has 0 aliphatic carbocycles. The van der Waals surface area contributed by atoms with Crippen molar-refractivity contribution in [3.8, 4) is 11.3 Å². The highest BCUT2D eigenvalue weighted by molar-refractivity contribution is 6.42. The minimum atomic E-state index is 0.351. The number of rotatable bonds is 5. The molecule has 0 unspecified atom stereocenters. The Balaban J connectivity index is 1.32. The average molecular weight is 499 g/mol. The Morgan fingerprint density at radius 3 is 2.52 bits per heavy atom. The van der Waals surface area contributed by atoms with Gasteiger partial charge >= 0.3 is 0 Å². The predicted octanol–water partition coefficient (Wildman–Crippen LogP) is 4.69. The SMILES string of the molecule is Bc1cnn2c(NC3CCN(Cc4ccc(Cl)c(Cl)c4)CC3)cc(-c3ccccc3Cl)nc12. The van der Waals surface area contributed by atoms with E-state index in [1.807, 2.05) is 67.1 Å². The molecule has 33 heavy (non-hydrogen) atoms. The second-order valence-corrected chi connectivity index (χ2v) is 9.73. The maximum absolute atomic E-state index is 6.46. The molecule has 0 amide bonds. The molecule has 1 aliphatic heterocycles. The first-order valence-corrected chi connectivity index (χ1v) is 12.1. The lowest BCUT2D eigenvalue weighted by Gasteiger charge is -2.33. The van der Waals surface area contributed by atoms with Gasteiger partial charge in [0.2, 0.25) is 0 Å². The number of aromatic nitrogens is 3. The highest BCUT2D eigenvalue weighted by atomic mass is 35.5. The number of likely N-dealkylation sites (tertiary alicyclic amines) is 1. The van der Waals surface area contributed by atoms with Crippen LogP contribution in [0.5, 0.6) is 0 Å². The van der Waals surface area contributed by atoms with Crippen molar-refractivity contribution in [3.63, 3.8) is 0 Å². The van der Waals surface area contributed by atoms with E-state index in [1.165, 1.54) is 5.56 Å². The predicted molar refractivity (Wildman–Crippen MR) is 140 cm³/mol. The second-order valence-electron chi connectivity index (χ2n) is 8.51. The minimum Gasteiger partial charge on any atom is -0.367 e. The molecular weight excluding hydrogens is 475 g/mol. The first kappa shape index (κ1) is 22.5. The Kier molecular flexibility index (Phi) is 6.52. The standard InChI is InChI=1S/C24H23BCl3N5/c25-18-13-29-33-23(12-22(31-24(18)33)17-3-1-2-4-19(17)26)30-16-7-9-32(10-8-16)14-15-5-6-20(27)21(28)11-15/h1-6,11-13,16,30H,7-10,14,25H2. The van der Waals surface area contributed by atoms with E-state index >= 15 is 0 Å². The van der Waals surface area contributed by atoms with Crippen LogP contribution in [0, 0.1) is 0 Å². The van der Waals surface area contributed by atoms with Crippen molar-refractivity contribution < 1.29 is 0 Å². The van der Waals surface area contributed by atoms with E-state index in [9.17, 15) is 0 Å². The maximum Gasteiger partial charge on any atom is 0.151 e. The van der Waals surface area contributed by atoms with Crippen LogP contribution >= 0.6 is 34.8 Å². The first-order chi connectivity index (χ1) is 16.0. The van der Waals surface area contributed by atoms with Crippen LogP contribution in [-0.4, -0.2) is 46.5 Å². The van der Waals surface area contributed by atoms with Gasteiger partial charge in [-0.05, 0) is 42.1 Å². The van der Waals surface area contributed by atoms with Crippen LogP contribution < -0.4 is 10.8 Å². The normalized spacial score (nSPS) is 15.2. The minimum absolute atomic E-state index is 0.351. The van der Waals surface area contributed by atoms with Gasteiger partial charge in [-0.2, -0.15) is 9.61 Å². The Morgan fingerprint density at radius 1 is 0.970 bits per heavy atom. The fraction of sp³-hybridized carbons (Fsp3) is 0.250. The van der Waals surface area contributed by atoms with E-state index in [1.54, 1.807) is 0 Å². The van der Waals surface area contributed by atoms with Crippen molar-refractivity contribution >= 4 is 59.6 Å². The zero-order valence-electron chi connectivity index (χ0n) is 18.2. The van der Waals surface area contributed by atoms with Gasteiger partial charge in [-0.25, -0.2) is 4.98 Å². The third kappa shape index (κ3) is 4.85. The van der Waals surface area contributed by atoms with Crippen LogP contribution in [0.25, 0.3) is 16.9 Å². The Bertz CT molecular complexity index is 1300. The fourth-order valence-corrected chi connectivity index (χ4v) is 4.88. The largest absolute Gasteiger partial charge is 0.367 e. The molecule has 1 fully saturated rings. The van der Waals surface area contributed by atoms with Gasteiger partial charge in [0.15, 0.2) is 5.65 Å². The van der Waals surface area contributed by atoms with E-state index < -0.39 is 0 Å². The molecule has 3 heterocycles. The molecule has 9 heteroatoms. The molecule has 1 saturated heterocycles. The molecule has 5 rings (SSSR count). The number of hydrogen-bond acceptors (Lipinski definition) is 4. The van der Waals surface area contributed by atoms with E-state index in [2.05, 4.69) is 15.3 Å². The number of nitrogens with one attached hydrogen (secondary N) is 1. The van der Waals surface area contributed by atoms with E-state index in [4.69, 9.17) is 39.8 Å². The molecule has 168 valence electrons. The van der Waals surface area contributed by atoms with Crippen molar-refractivity contribution in [2.24, 2.45) is 0 Å². The van der Waals surface area contributed by atoms with Crippen LogP contribution in [0.3, 0.4) is 0 Å². The van der Waals surface area contributed by atoms with Gasteiger partial charge in [-0.15, -0.1) is 0 Å². The van der Waals surface area contributed by atoms with Crippen LogP contribution in [0.15, 0.2) is 54.7 Å². The molecule has 2 aromatic carbocycles. The lowest BCUT2D eigenvalue weighted by molar-refractivity contribution is 0.211. The zero-order chi connectivity index (χ0) is 22.9. The summed E-state index contributed by atoms with van der Waals surface area (Å²) < 4.78 is 1.89. The molecular formula is C24H23BCl3N5. The van der Waals surface area contributed by atoms with E-state index in [-0.39, 0.29) is 0 Å². The van der Waals surface area contributed by atoms with Crippen molar-refractivity contribution in [1.29, 1.82) is 0 Å². The molecule has 5 nitrogen and oxygen atoms in total. The quantitative estimate of drug-likeness (QED) is 0.406. The van der Waals surface area contributed by atoms with Gasteiger partial charge in [0.25, 0.3) is 0 Å². The van der Waals surface area contributed by atoms with Crippen LogP contribution in [-0.2, 0) is 6.54 Å². The summed E-state index contributed by atoms with van der Waals surface area (Å²) in [5, 5.41) is 10.2. The number of halogens is 3. The molecule has 1 aliphatic rings. The van der Waals surface area contributed by atoms with Gasteiger partial charge < -0.3 is 5.32 Å². The summed E-state index contributed by atoms with van der Waals surface area (Å²) in [7, 11) is 2.02. The topological polar surface area (TPSA) is 45.5 Å². The molecule has 0 saturated carbocycles. The summed E-state index contributed by atoms with van der Waals surface area (Å²) in [5.41, 5.74) is 4.82. The smallest absolute Gasteiger partial charge is 0.151 e. The van der Waals surface area contributed by atoms with E-state index in [0.717, 1.165) is 60.7 Å². The van der Waals surface area contributed by atoms with Crippen LogP contribution in [0.2, 0.25) is 15.1 Å². The van der Waals surface area contributed by atoms with Crippen LogP contribution in [0.1, 0.15) is 18.4 Å². The third-order valence-electron chi connectivity index (χ3n) is 6.13. The zero-order valence-corrected chi connectivity index (χ0v) is 20.5. The Hall–Kier alpha value is -2.25. The van der Waals surface area contributed by atoms with Gasteiger partial charge in [0.1, 0.15) is 13.7 Å². The highest BCUT2D eigenvalue weighted by Gasteiger charge is 2.21. The number of hydrogen-bond donors (Lipinski definition) is 1. The molecule has 4 aromatic rings. The molecule has 2 aromatic heterocycles. The van der Waals surface area contributed by atoms with Gasteiger partial charge in [0.05, 0.1) is 15.7 Å². The van der Waals surface area contributed by atoms with E-state index in [0.29, 0.717) is 21.1 Å². The van der Waals surface area contributed by atoms with Gasteiger partial charge in [-0.1, -0.05) is 59.1 Å². The average Bonchev–Trinajstić information content (AvgIpc) is 3.19. The van der Waals surface area contributed by atoms with Crippen molar-refractivity contribution in [2.45, 2.75) is 25.4 Å². The summed E-state index contributed by atoms with van der Waals surface area (Å²) in [6.07, 6.45) is 3.92. The van der Waals surface area contributed by atoms with Gasteiger partial charge in [-0.3, -0.25) is 4.90 Å². The molecule has 0 radical (unpaired) electrons. The number of piperidine rings is 1. The summed E-state index contributed by atoms with van der Waals surface area (Å²) in [4.78, 5) is 7.29. The summed E-state index contributed by atoms with van der Waals surface area (Å²) in [5.74, 6) is 0.936. The fourth-order valence-electron chi connectivity index (χ4n) is 4.32. The Labute approximate surface area is 209 Å². The third-order valence-corrected chi connectivity index (χ3v) is 7.20. The molecule has 0 atom stereocenters. The van der Waals surface area contributed by atoms with Crippen molar-refractivity contribution in [2.75, 3.05) is 18.4 Å². The molecule has 0 spiro atoms. The summed E-state index contributed by atoms with van der Waals surface area (Å²) in [6.45, 7) is 2.88. The number of nitrogens with zero attached hydrogens (tertiary/aromatic N) is 4. The number of anilines is 1. The lowest BCUT2D eigenvalue weighted by Crippen LogP contribution is -2.39. The monoisotopic (exact) mass is 497 g/mol. The van der Waals surface area contributed by atoms with Crippen molar-refractivity contribution in [3.05, 3.63) is 75.4 Å². The highest BCUT2D eigenvalue weighted by Crippen LogP contribution is 2.29. The lowest BCUT2D eigenvalue weighted by atomic mass is 10.0. The second kappa shape index (κ2) is 9.55. The Morgan fingerprint density at radius 2 is 1.76 bits per heavy atom. The maximum atomic E-state index is 6.46. The van der Waals surface area contributed by atoms with Crippen molar-refractivity contribution in [1.82, 2.24) is 19.5 Å². The molecule has 1 N–H and O–H groups in total. The summed E-state index contributed by atoms with van der Waals surface area (Å²) >= 11 is 18.7. The molecule has 0 bridgehead atoms. The van der Waals surface area contributed by atoms with Gasteiger partial charge in [0, 0.05) is 48.5 Å². The summed E-state index contributed by atoms with van der Waals surface area (Å²) in [6, 6.07) is 16.1. The number of benzene rings is 2. The van der Waals surface area contributed by atoms with Crippen LogP contribution in [0.4, 0.5) is 5.82 Å². The number of fused-ring (bicyclic) bond motifs is 1.